The van der Waals surface area contributed by atoms with Crippen molar-refractivity contribution in [2.45, 2.75) is 19.4 Å². The third kappa shape index (κ3) is 2.72. The van der Waals surface area contributed by atoms with Crippen LogP contribution in [0.3, 0.4) is 0 Å². The number of imidazole rings is 1. The maximum Gasteiger partial charge on any atom is 0.201 e. The van der Waals surface area contributed by atoms with E-state index in [0.717, 1.165) is 18.9 Å². The quantitative estimate of drug-likeness (QED) is 0.797. The summed E-state index contributed by atoms with van der Waals surface area (Å²) < 4.78 is 28.7. The van der Waals surface area contributed by atoms with Crippen LogP contribution in [0.1, 0.15) is 12.0 Å². The third-order valence-electron chi connectivity index (χ3n) is 3.49. The lowest BCUT2D eigenvalue weighted by atomic mass is 10.1. The Hall–Kier alpha value is -2.43. The zero-order valence-corrected chi connectivity index (χ0v) is 11.4. The molecule has 0 atom stereocenters. The van der Waals surface area contributed by atoms with Crippen LogP contribution in [-0.4, -0.2) is 9.55 Å². The maximum absolute atomic E-state index is 13.7. The number of fused-ring (bicyclic) bond motifs is 1. The van der Waals surface area contributed by atoms with Gasteiger partial charge in [0.1, 0.15) is 11.3 Å². The van der Waals surface area contributed by atoms with Gasteiger partial charge in [0.05, 0.1) is 5.52 Å². The summed E-state index contributed by atoms with van der Waals surface area (Å²) in [6.07, 6.45) is 1.69. The molecule has 0 bridgehead atoms. The Kier molecular flexibility index (Phi) is 3.56. The van der Waals surface area contributed by atoms with Gasteiger partial charge in [-0.3, -0.25) is 0 Å². The molecule has 0 aliphatic rings. The van der Waals surface area contributed by atoms with Gasteiger partial charge in [0.25, 0.3) is 0 Å². The minimum Gasteiger partial charge on any atom is -0.369 e. The Labute approximate surface area is 121 Å². The van der Waals surface area contributed by atoms with Crippen molar-refractivity contribution in [3.63, 3.8) is 0 Å². The molecule has 0 aliphatic heterocycles. The first-order chi connectivity index (χ1) is 10.1. The fourth-order valence-electron chi connectivity index (χ4n) is 2.49. The molecule has 3 nitrogen and oxygen atoms in total. The van der Waals surface area contributed by atoms with Crippen LogP contribution in [0.15, 0.2) is 42.5 Å². The van der Waals surface area contributed by atoms with Gasteiger partial charge >= 0.3 is 0 Å². The molecule has 2 aromatic carbocycles. The van der Waals surface area contributed by atoms with Crippen LogP contribution in [0.5, 0.6) is 0 Å². The molecule has 3 rings (SSSR count). The first-order valence-corrected chi connectivity index (χ1v) is 6.80. The highest BCUT2D eigenvalue weighted by molar-refractivity contribution is 5.79. The lowest BCUT2D eigenvalue weighted by Crippen LogP contribution is -2.04. The number of anilines is 1. The Bertz CT molecular complexity index is 766. The second-order valence-electron chi connectivity index (χ2n) is 4.97. The number of aromatic nitrogens is 2. The zero-order chi connectivity index (χ0) is 14.8. The van der Waals surface area contributed by atoms with Crippen molar-refractivity contribution in [2.24, 2.45) is 0 Å². The van der Waals surface area contributed by atoms with Crippen molar-refractivity contribution in [1.82, 2.24) is 9.55 Å². The van der Waals surface area contributed by atoms with Crippen molar-refractivity contribution < 1.29 is 8.78 Å². The van der Waals surface area contributed by atoms with Crippen molar-refractivity contribution in [3.8, 4) is 0 Å². The molecule has 5 heteroatoms. The fourth-order valence-corrected chi connectivity index (χ4v) is 2.49. The molecule has 0 radical (unpaired) electrons. The summed E-state index contributed by atoms with van der Waals surface area (Å²) in [5.74, 6) is -1.09. The molecule has 0 saturated carbocycles. The van der Waals surface area contributed by atoms with Gasteiger partial charge < -0.3 is 10.3 Å². The van der Waals surface area contributed by atoms with E-state index in [9.17, 15) is 8.78 Å². The summed E-state index contributed by atoms with van der Waals surface area (Å²) in [7, 11) is 0. The van der Waals surface area contributed by atoms with Crippen LogP contribution in [0.25, 0.3) is 11.0 Å². The van der Waals surface area contributed by atoms with Gasteiger partial charge in [-0.05, 0) is 18.4 Å². The molecule has 1 aromatic heterocycles. The Morgan fingerprint density at radius 1 is 1.10 bits per heavy atom. The van der Waals surface area contributed by atoms with Crippen molar-refractivity contribution in [2.75, 3.05) is 5.73 Å². The average molecular weight is 287 g/mol. The molecule has 0 saturated heterocycles. The summed E-state index contributed by atoms with van der Waals surface area (Å²) >= 11 is 0. The molecule has 0 aliphatic carbocycles. The van der Waals surface area contributed by atoms with E-state index < -0.39 is 11.6 Å². The molecular formula is C16H15F2N3. The number of nitrogens with zero attached hydrogens (tertiary/aromatic N) is 2. The Morgan fingerprint density at radius 2 is 1.86 bits per heavy atom. The Morgan fingerprint density at radius 3 is 2.62 bits per heavy atom. The highest BCUT2D eigenvalue weighted by Crippen LogP contribution is 2.22. The van der Waals surface area contributed by atoms with E-state index in [1.165, 1.54) is 11.6 Å². The predicted octanol–water partition coefficient (Wildman–Crippen LogP) is 3.53. The number of rotatable bonds is 4. The van der Waals surface area contributed by atoms with Crippen LogP contribution in [0, 0.1) is 11.6 Å². The van der Waals surface area contributed by atoms with E-state index in [2.05, 4.69) is 17.1 Å². The SMILES string of the molecule is Nc1nc2c(F)cc(F)cc2n1CCCc1ccccc1. The maximum atomic E-state index is 13.7. The number of hydrogen-bond donors (Lipinski definition) is 1. The highest BCUT2D eigenvalue weighted by Gasteiger charge is 2.13. The summed E-state index contributed by atoms with van der Waals surface area (Å²) in [5, 5.41) is 0. The van der Waals surface area contributed by atoms with Crippen LogP contribution in [0.2, 0.25) is 0 Å². The van der Waals surface area contributed by atoms with Crippen molar-refractivity contribution in [3.05, 3.63) is 59.7 Å². The molecule has 0 fully saturated rings. The van der Waals surface area contributed by atoms with E-state index in [-0.39, 0.29) is 11.5 Å². The number of aryl methyl sites for hydroxylation is 2. The van der Waals surface area contributed by atoms with Crippen LogP contribution < -0.4 is 5.73 Å². The van der Waals surface area contributed by atoms with Crippen LogP contribution in [-0.2, 0) is 13.0 Å². The largest absolute Gasteiger partial charge is 0.369 e. The first-order valence-electron chi connectivity index (χ1n) is 6.80. The normalized spacial score (nSPS) is 11.1. The third-order valence-corrected chi connectivity index (χ3v) is 3.49. The van der Waals surface area contributed by atoms with Gasteiger partial charge in [0.2, 0.25) is 5.95 Å². The number of nitrogens with two attached hydrogens (primary N) is 1. The molecular weight excluding hydrogens is 272 g/mol. The molecule has 0 unspecified atom stereocenters. The van der Waals surface area contributed by atoms with E-state index >= 15 is 0 Å². The summed E-state index contributed by atoms with van der Waals surface area (Å²) in [4.78, 5) is 3.98. The predicted molar refractivity (Wildman–Crippen MR) is 78.8 cm³/mol. The van der Waals surface area contributed by atoms with Gasteiger partial charge in [-0.15, -0.1) is 0 Å². The Balaban J connectivity index is 1.82. The second-order valence-corrected chi connectivity index (χ2v) is 4.97. The zero-order valence-electron chi connectivity index (χ0n) is 11.4. The highest BCUT2D eigenvalue weighted by atomic mass is 19.1. The minimum absolute atomic E-state index is 0.119. The molecule has 2 N–H and O–H groups in total. The monoisotopic (exact) mass is 287 g/mol. The minimum atomic E-state index is -0.682. The first kappa shape index (κ1) is 13.5. The lowest BCUT2D eigenvalue weighted by Gasteiger charge is -2.06. The summed E-state index contributed by atoms with van der Waals surface area (Å²) in [6, 6.07) is 12.1. The van der Waals surface area contributed by atoms with Gasteiger partial charge in [0, 0.05) is 18.7 Å². The number of nitrogen functional groups attached to an aromatic ring is 1. The van der Waals surface area contributed by atoms with E-state index in [1.807, 2.05) is 18.2 Å². The molecule has 108 valence electrons. The summed E-state index contributed by atoms with van der Waals surface area (Å²) in [6.45, 7) is 0.570. The van der Waals surface area contributed by atoms with E-state index in [1.54, 1.807) is 4.57 Å². The van der Waals surface area contributed by atoms with Gasteiger partial charge in [-0.1, -0.05) is 30.3 Å². The number of halogens is 2. The second kappa shape index (κ2) is 5.52. The van der Waals surface area contributed by atoms with Crippen molar-refractivity contribution >= 4 is 17.0 Å². The van der Waals surface area contributed by atoms with Crippen molar-refractivity contribution in [1.29, 1.82) is 0 Å². The van der Waals surface area contributed by atoms with Gasteiger partial charge in [0.15, 0.2) is 5.82 Å². The topological polar surface area (TPSA) is 43.8 Å². The standard InChI is InChI=1S/C16H15F2N3/c17-12-9-13(18)15-14(10-12)21(16(19)20-15)8-4-7-11-5-2-1-3-6-11/h1-3,5-6,9-10H,4,7-8H2,(H2,19,20). The van der Waals surface area contributed by atoms with Gasteiger partial charge in [-0.2, -0.15) is 0 Å². The average Bonchev–Trinajstić information content (AvgIpc) is 2.77. The smallest absolute Gasteiger partial charge is 0.201 e. The van der Waals surface area contributed by atoms with E-state index in [4.69, 9.17) is 5.73 Å². The van der Waals surface area contributed by atoms with E-state index in [0.29, 0.717) is 12.1 Å². The summed E-state index contributed by atoms with van der Waals surface area (Å²) in [5.41, 5.74) is 7.55. The number of benzene rings is 2. The molecule has 0 amide bonds. The van der Waals surface area contributed by atoms with Crippen LogP contribution >= 0.6 is 0 Å². The molecule has 0 spiro atoms. The number of hydrogen-bond acceptors (Lipinski definition) is 2. The molecule has 1 heterocycles. The lowest BCUT2D eigenvalue weighted by molar-refractivity contribution is 0.589. The fraction of sp³-hybridized carbons (Fsp3) is 0.188. The van der Waals surface area contributed by atoms with Crippen LogP contribution in [0.4, 0.5) is 14.7 Å². The molecule has 3 aromatic rings. The van der Waals surface area contributed by atoms with Gasteiger partial charge in [-0.25, -0.2) is 13.8 Å². The molecule has 21 heavy (non-hydrogen) atoms.